The van der Waals surface area contributed by atoms with Gasteiger partial charge in [-0.25, -0.2) is 4.79 Å². The molecule has 102 valence electrons. The predicted octanol–water partition coefficient (Wildman–Crippen LogP) is 4.30. The number of hydrogen-bond donors (Lipinski definition) is 0. The van der Waals surface area contributed by atoms with E-state index in [1.807, 2.05) is 39.8 Å². The summed E-state index contributed by atoms with van der Waals surface area (Å²) in [6.45, 7) is 9.65. The first kappa shape index (κ1) is 15.2. The van der Waals surface area contributed by atoms with Crippen molar-refractivity contribution in [3.05, 3.63) is 53.6 Å². The molecule has 0 bridgehead atoms. The molecule has 0 spiro atoms. The molecule has 1 rings (SSSR count). The summed E-state index contributed by atoms with van der Waals surface area (Å²) >= 11 is 0. The van der Waals surface area contributed by atoms with Gasteiger partial charge < -0.3 is 4.74 Å². The summed E-state index contributed by atoms with van der Waals surface area (Å²) in [5.41, 5.74) is 3.05. The average Bonchev–Trinajstić information content (AvgIpc) is 2.26. The van der Waals surface area contributed by atoms with E-state index in [4.69, 9.17) is 4.74 Å². The molecule has 0 heterocycles. The topological polar surface area (TPSA) is 26.3 Å². The van der Waals surface area contributed by atoms with Crippen LogP contribution >= 0.6 is 0 Å². The van der Waals surface area contributed by atoms with Crippen molar-refractivity contribution in [1.29, 1.82) is 0 Å². The molecule has 0 radical (unpaired) electrons. The highest BCUT2D eigenvalue weighted by molar-refractivity contribution is 5.83. The molecule has 0 atom stereocenters. The Morgan fingerprint density at radius 2 is 1.95 bits per heavy atom. The predicted molar refractivity (Wildman–Crippen MR) is 79.8 cm³/mol. The maximum absolute atomic E-state index is 11.5. The van der Waals surface area contributed by atoms with Gasteiger partial charge in [-0.1, -0.05) is 42.0 Å². The molecule has 1 aromatic rings. The number of allylic oxidation sites excluding steroid dienone is 3. The van der Waals surface area contributed by atoms with Crippen LogP contribution in [0.3, 0.4) is 0 Å². The van der Waals surface area contributed by atoms with Crippen LogP contribution in [0.2, 0.25) is 0 Å². The smallest absolute Gasteiger partial charge is 0.331 e. The number of carbonyl (C=O) groups is 1. The second-order valence-corrected chi connectivity index (χ2v) is 5.61. The average molecular weight is 258 g/mol. The van der Waals surface area contributed by atoms with Crippen molar-refractivity contribution in [2.24, 2.45) is 0 Å². The van der Waals surface area contributed by atoms with Gasteiger partial charge >= 0.3 is 5.97 Å². The van der Waals surface area contributed by atoms with Crippen molar-refractivity contribution in [1.82, 2.24) is 0 Å². The van der Waals surface area contributed by atoms with Crippen LogP contribution in [0, 0.1) is 6.92 Å². The maximum atomic E-state index is 11.5. The van der Waals surface area contributed by atoms with Crippen LogP contribution < -0.4 is 0 Å². The highest BCUT2D eigenvalue weighted by Crippen LogP contribution is 2.15. The van der Waals surface area contributed by atoms with Crippen LogP contribution in [0.25, 0.3) is 5.57 Å². The number of carbonyl (C=O) groups excluding carboxylic acids is 1. The Morgan fingerprint density at radius 1 is 1.26 bits per heavy atom. The third kappa shape index (κ3) is 6.05. The maximum Gasteiger partial charge on any atom is 0.331 e. The van der Waals surface area contributed by atoms with Crippen molar-refractivity contribution in [2.45, 2.75) is 40.2 Å². The van der Waals surface area contributed by atoms with Gasteiger partial charge in [0.25, 0.3) is 0 Å². The second kappa shape index (κ2) is 6.37. The Bertz CT molecular complexity index is 502. The molecule has 1 aromatic carbocycles. The Morgan fingerprint density at radius 3 is 2.53 bits per heavy atom. The summed E-state index contributed by atoms with van der Waals surface area (Å²) < 4.78 is 5.19. The Hall–Kier alpha value is -1.83. The largest absolute Gasteiger partial charge is 0.457 e. The molecule has 0 aliphatic rings. The summed E-state index contributed by atoms with van der Waals surface area (Å²) in [6.07, 6.45) is 5.09. The molecule has 19 heavy (non-hydrogen) atoms. The molecule has 2 heteroatoms. The van der Waals surface area contributed by atoms with Crippen molar-refractivity contribution < 1.29 is 9.53 Å². The molecule has 0 saturated heterocycles. The first-order chi connectivity index (χ1) is 8.78. The molecular weight excluding hydrogens is 236 g/mol. The van der Waals surface area contributed by atoms with Crippen LogP contribution in [0.4, 0.5) is 0 Å². The third-order valence-corrected chi connectivity index (χ3v) is 2.46. The summed E-state index contributed by atoms with van der Waals surface area (Å²) in [5, 5.41) is 0. The van der Waals surface area contributed by atoms with E-state index >= 15 is 0 Å². The standard InChI is InChI=1S/C17H22O2/c1-13-8-6-10-15(12-13)14(2)9-7-11-16(18)19-17(3,4)5/h6-12H,1-5H3/b11-7+,14-9+. The number of rotatable bonds is 3. The minimum atomic E-state index is -0.448. The van der Waals surface area contributed by atoms with Gasteiger partial charge in [0.1, 0.15) is 5.60 Å². The lowest BCUT2D eigenvalue weighted by atomic mass is 10.0. The van der Waals surface area contributed by atoms with E-state index in [0.717, 1.165) is 11.1 Å². The molecule has 0 aromatic heterocycles. The zero-order chi connectivity index (χ0) is 14.5. The van der Waals surface area contributed by atoms with E-state index in [9.17, 15) is 4.79 Å². The molecule has 0 unspecified atom stereocenters. The molecule has 2 nitrogen and oxygen atoms in total. The van der Waals surface area contributed by atoms with E-state index < -0.39 is 5.60 Å². The lowest BCUT2D eigenvalue weighted by molar-refractivity contribution is -0.148. The zero-order valence-electron chi connectivity index (χ0n) is 12.4. The number of hydrogen-bond acceptors (Lipinski definition) is 2. The summed E-state index contributed by atoms with van der Waals surface area (Å²) in [7, 11) is 0. The van der Waals surface area contributed by atoms with E-state index in [0.29, 0.717) is 0 Å². The van der Waals surface area contributed by atoms with Crippen molar-refractivity contribution >= 4 is 11.5 Å². The molecule has 0 fully saturated rings. The van der Waals surface area contributed by atoms with Gasteiger partial charge in [0.15, 0.2) is 0 Å². The third-order valence-electron chi connectivity index (χ3n) is 2.46. The first-order valence-electron chi connectivity index (χ1n) is 6.43. The molecule has 0 aliphatic heterocycles. The van der Waals surface area contributed by atoms with E-state index in [1.54, 1.807) is 6.08 Å². The number of ether oxygens (including phenoxy) is 1. The first-order valence-corrected chi connectivity index (χ1v) is 6.43. The molecular formula is C17H22O2. The van der Waals surface area contributed by atoms with Crippen LogP contribution in [0.5, 0.6) is 0 Å². The zero-order valence-corrected chi connectivity index (χ0v) is 12.4. The Balaban J connectivity index is 2.68. The lowest BCUT2D eigenvalue weighted by Crippen LogP contribution is -2.22. The van der Waals surface area contributed by atoms with Crippen LogP contribution in [0.15, 0.2) is 42.5 Å². The second-order valence-electron chi connectivity index (χ2n) is 5.61. The molecule has 0 N–H and O–H groups in total. The van der Waals surface area contributed by atoms with Gasteiger partial charge in [0.2, 0.25) is 0 Å². The van der Waals surface area contributed by atoms with E-state index in [-0.39, 0.29) is 5.97 Å². The fourth-order valence-electron chi connectivity index (χ4n) is 1.59. The van der Waals surface area contributed by atoms with Gasteiger partial charge in [-0.15, -0.1) is 0 Å². The highest BCUT2D eigenvalue weighted by atomic mass is 16.6. The van der Waals surface area contributed by atoms with Gasteiger partial charge in [-0.3, -0.25) is 0 Å². The number of aryl methyl sites for hydroxylation is 1. The normalized spacial score (nSPS) is 12.8. The fraction of sp³-hybridized carbons (Fsp3) is 0.353. The molecule has 0 saturated carbocycles. The van der Waals surface area contributed by atoms with Crippen molar-refractivity contribution in [2.75, 3.05) is 0 Å². The van der Waals surface area contributed by atoms with Crippen molar-refractivity contribution in [3.8, 4) is 0 Å². The highest BCUT2D eigenvalue weighted by Gasteiger charge is 2.13. The van der Waals surface area contributed by atoms with Crippen LogP contribution in [-0.2, 0) is 9.53 Å². The summed E-state index contributed by atoms with van der Waals surface area (Å²) in [4.78, 5) is 11.5. The molecule has 0 amide bonds. The Kier molecular flexibility index (Phi) is 5.11. The van der Waals surface area contributed by atoms with E-state index in [1.165, 1.54) is 11.6 Å². The minimum Gasteiger partial charge on any atom is -0.457 e. The lowest BCUT2D eigenvalue weighted by Gasteiger charge is -2.17. The number of benzene rings is 1. The fourth-order valence-corrected chi connectivity index (χ4v) is 1.59. The number of esters is 1. The Labute approximate surface area is 115 Å². The van der Waals surface area contributed by atoms with E-state index in [2.05, 4.69) is 25.1 Å². The quantitative estimate of drug-likeness (QED) is 0.459. The monoisotopic (exact) mass is 258 g/mol. The van der Waals surface area contributed by atoms with Gasteiger partial charge in [0, 0.05) is 6.08 Å². The van der Waals surface area contributed by atoms with Gasteiger partial charge in [-0.05, 0) is 45.8 Å². The molecule has 0 aliphatic carbocycles. The van der Waals surface area contributed by atoms with Crippen LogP contribution in [-0.4, -0.2) is 11.6 Å². The van der Waals surface area contributed by atoms with Gasteiger partial charge in [-0.2, -0.15) is 0 Å². The summed E-state index contributed by atoms with van der Waals surface area (Å²) in [5.74, 6) is -0.319. The van der Waals surface area contributed by atoms with Crippen LogP contribution in [0.1, 0.15) is 38.8 Å². The summed E-state index contributed by atoms with van der Waals surface area (Å²) in [6, 6.07) is 8.26. The minimum absolute atomic E-state index is 0.319. The van der Waals surface area contributed by atoms with Crippen molar-refractivity contribution in [3.63, 3.8) is 0 Å². The van der Waals surface area contributed by atoms with Gasteiger partial charge in [0.05, 0.1) is 0 Å². The SMILES string of the molecule is C/C(=C\C=C\C(=O)OC(C)(C)C)c1cccc(C)c1.